The Morgan fingerprint density at radius 2 is 0.652 bits per heavy atom. The van der Waals surface area contributed by atoms with E-state index in [1.807, 2.05) is 145 Å². The summed E-state index contributed by atoms with van der Waals surface area (Å²) in [5.74, 6) is 6.21. The first-order valence-electron chi connectivity index (χ1n) is 45.7. The fourth-order valence-electron chi connectivity index (χ4n) is 14.9. The Balaban J connectivity index is 0.000000111. The van der Waals surface area contributed by atoms with Gasteiger partial charge in [-0.2, -0.15) is 0 Å². The first kappa shape index (κ1) is 96.6. The van der Waals surface area contributed by atoms with Crippen LogP contribution >= 0.6 is 79.4 Å². The van der Waals surface area contributed by atoms with E-state index in [0.29, 0.717) is 0 Å². The quantitative estimate of drug-likeness (QED) is 0.137. The van der Waals surface area contributed by atoms with Crippen molar-refractivity contribution in [1.29, 1.82) is 0 Å². The van der Waals surface area contributed by atoms with Crippen molar-refractivity contribution in [3.05, 3.63) is 513 Å². The van der Waals surface area contributed by atoms with Crippen molar-refractivity contribution in [2.45, 2.75) is 69.2 Å². The molecule has 0 saturated heterocycles. The van der Waals surface area contributed by atoms with E-state index in [4.69, 9.17) is 22.1 Å². The van der Waals surface area contributed by atoms with E-state index in [9.17, 15) is 0 Å². The van der Waals surface area contributed by atoms with E-state index >= 15 is 0 Å². The number of hydrogen-bond acceptors (Lipinski definition) is 12. The average Bonchev–Trinajstić information content (AvgIpc) is 1.67. The Hall–Kier alpha value is -14.5. The summed E-state index contributed by atoms with van der Waals surface area (Å²) in [7, 11) is 0. The number of para-hydroxylation sites is 1. The number of aryl methyl sites for hydroxylation is 10. The molecule has 0 unspecified atom stereocenters. The zero-order chi connectivity index (χ0) is 95.3. The molecule has 0 fully saturated rings. The van der Waals surface area contributed by atoms with Crippen molar-refractivity contribution in [3.63, 3.8) is 0 Å². The second kappa shape index (κ2) is 48.3. The number of thiophene rings is 7. The lowest BCUT2D eigenvalue weighted by Gasteiger charge is -2.02. The van der Waals surface area contributed by atoms with Crippen LogP contribution in [0.15, 0.2) is 480 Å². The summed E-state index contributed by atoms with van der Waals surface area (Å²) in [6.45, 7) is 20.7. The van der Waals surface area contributed by atoms with E-state index in [-0.39, 0.29) is 0 Å². The van der Waals surface area contributed by atoms with Crippen LogP contribution in [0.5, 0.6) is 0 Å². The molecule has 0 radical (unpaired) electrons. The zero-order valence-corrected chi connectivity index (χ0v) is 84.5. The van der Waals surface area contributed by atoms with Gasteiger partial charge in [-0.25, -0.2) is 0 Å². The number of benzene rings is 13. The highest BCUT2D eigenvalue weighted by atomic mass is 32.1. The number of fused-ring (bicyclic) bond motifs is 5. The largest absolute Gasteiger partial charge is 0.464 e. The predicted molar refractivity (Wildman–Crippen MR) is 600 cm³/mol. The van der Waals surface area contributed by atoms with Gasteiger partial charge >= 0.3 is 0 Å². The molecule has 12 heteroatoms. The Kier molecular flexibility index (Phi) is 33.8. The zero-order valence-electron chi connectivity index (χ0n) is 78.8. The molecule has 0 amide bonds. The van der Waals surface area contributed by atoms with Gasteiger partial charge in [0.1, 0.15) is 34.4 Å². The van der Waals surface area contributed by atoms with Crippen molar-refractivity contribution in [2.24, 2.45) is 0 Å². The lowest BCUT2D eigenvalue weighted by atomic mass is 10.0. The molecular formula is C126H106O5S7. The number of furan rings is 5. The molecule has 12 heterocycles. The summed E-state index contributed by atoms with van der Waals surface area (Å²) in [6, 6.07) is 146. The lowest BCUT2D eigenvalue weighted by Crippen LogP contribution is -1.77. The molecule has 13 aromatic carbocycles. The van der Waals surface area contributed by atoms with Crippen LogP contribution in [0, 0.1) is 69.2 Å². The third-order valence-corrected chi connectivity index (χ3v) is 29.5. The highest BCUT2D eigenvalue weighted by Gasteiger charge is 2.12. The molecule has 25 rings (SSSR count). The van der Waals surface area contributed by atoms with Gasteiger partial charge in [-0.3, -0.25) is 0 Å². The summed E-state index contributed by atoms with van der Waals surface area (Å²) in [4.78, 5) is 8.21. The third-order valence-electron chi connectivity index (χ3n) is 22.5. The van der Waals surface area contributed by atoms with Gasteiger partial charge in [0.25, 0.3) is 0 Å². The van der Waals surface area contributed by atoms with Crippen LogP contribution in [0.1, 0.15) is 55.3 Å². The van der Waals surface area contributed by atoms with Crippen molar-refractivity contribution in [1.82, 2.24) is 0 Å². The molecule has 0 saturated carbocycles. The van der Waals surface area contributed by atoms with Gasteiger partial charge in [0, 0.05) is 70.8 Å². The SMILES string of the molecule is Cc1ccc(-c2cc3ccccc3o2)cc1.Cc1ccc(-c2cc3ccccc3s2)cc1.Cc1ccc(-c2ccc3ccsc3c2)cc1.Cc1ccc(-c2ccc3sccc3c2)cc1.Cc1ccc(-c2ccccc2)o1.Cc1ccc(-c2ccco2)cc1.Cc1ccc(-c2ccco2)o1.Cc1ccc(-c2cccs2)cc1.Cc1ccc(-c2cccs2)s1.Cc1ccc(-c2scc3ccccc23)cc1. The van der Waals surface area contributed by atoms with Crippen molar-refractivity contribution in [3.8, 4) is 109 Å². The van der Waals surface area contributed by atoms with Crippen LogP contribution in [-0.4, -0.2) is 0 Å². The molecule has 0 atom stereocenters. The molecular weight excluding hydrogens is 1820 g/mol. The standard InChI is InChI=1S/C15H12O.4C15H12S.2C11H10O.C11H10S.C9H8O2.C9H8S2/c1-11-6-8-12(9-7-11)15-10-13-4-2-3-5-14(13)16-15;1-11-2-4-12(5-3-11)13-6-7-15-14(10-13)8-9-16-15;1-11-2-4-12(5-3-11)14-7-6-13-8-9-16-15(13)10-14;1-11-6-8-12(9-7-11)15-14-5-3-2-4-13(14)10-16-15;1-11-6-8-12(9-7-11)15-10-13-4-2-3-5-14(13)16-15;1-9-4-6-10(7-5-9)11-3-2-8-12-11;1-9-7-8-11(12-9)10-5-3-2-4-6-10;1-9-4-6-10(7-5-9)11-3-2-8-12-11;2*1-7-4-5-9(11-7)8-3-2-6-10-8/h5*2-10H,1H3;3*2-8H,1H3;2*2-6H,1H3. The summed E-state index contributed by atoms with van der Waals surface area (Å²) in [6.07, 6.45) is 3.32. The molecule has 12 aromatic heterocycles. The van der Waals surface area contributed by atoms with Crippen LogP contribution in [-0.2, 0) is 0 Å². The second-order valence-corrected chi connectivity index (χ2v) is 40.4. The number of hydrogen-bond donors (Lipinski definition) is 0. The molecule has 682 valence electrons. The molecule has 5 nitrogen and oxygen atoms in total. The van der Waals surface area contributed by atoms with Gasteiger partial charge in [-0.05, 0) is 284 Å². The second-order valence-electron chi connectivity index (χ2n) is 33.4. The molecule has 0 aliphatic rings. The van der Waals surface area contributed by atoms with Crippen molar-refractivity contribution in [2.75, 3.05) is 0 Å². The average molecular weight is 1920 g/mol. The van der Waals surface area contributed by atoms with E-state index in [1.165, 1.54) is 148 Å². The lowest BCUT2D eigenvalue weighted by molar-refractivity contribution is 0.507. The number of rotatable bonds is 10. The highest BCUT2D eigenvalue weighted by molar-refractivity contribution is 7.22. The molecule has 0 spiro atoms. The molecule has 0 aliphatic carbocycles. The van der Waals surface area contributed by atoms with Crippen LogP contribution < -0.4 is 0 Å². The monoisotopic (exact) mass is 1920 g/mol. The van der Waals surface area contributed by atoms with E-state index in [1.54, 1.807) is 57.9 Å². The van der Waals surface area contributed by atoms with Gasteiger partial charge in [0.2, 0.25) is 0 Å². The molecule has 0 aliphatic heterocycles. The van der Waals surface area contributed by atoms with Gasteiger partial charge in [0.05, 0.1) is 12.5 Å². The molecule has 25 aromatic rings. The molecule has 0 N–H and O–H groups in total. The summed E-state index contributed by atoms with van der Waals surface area (Å²) in [5, 5.41) is 18.6. The summed E-state index contributed by atoms with van der Waals surface area (Å²) < 4.78 is 31.1. The minimum absolute atomic E-state index is 0.776. The Morgan fingerprint density at radius 3 is 1.19 bits per heavy atom. The van der Waals surface area contributed by atoms with Crippen LogP contribution in [0.4, 0.5) is 0 Å². The minimum atomic E-state index is 0.776. The maximum atomic E-state index is 5.79. The Labute approximate surface area is 837 Å². The topological polar surface area (TPSA) is 65.7 Å². The highest BCUT2D eigenvalue weighted by Crippen LogP contribution is 2.39. The van der Waals surface area contributed by atoms with Crippen LogP contribution in [0.3, 0.4) is 0 Å². The third kappa shape index (κ3) is 27.2. The van der Waals surface area contributed by atoms with Crippen LogP contribution in [0.2, 0.25) is 0 Å². The van der Waals surface area contributed by atoms with Crippen molar-refractivity contribution < 1.29 is 22.1 Å². The minimum Gasteiger partial charge on any atom is -0.464 e. The van der Waals surface area contributed by atoms with E-state index in [2.05, 4.69) is 404 Å². The van der Waals surface area contributed by atoms with Crippen LogP contribution in [0.25, 0.3) is 161 Å². The normalized spacial score (nSPS) is 10.5. The van der Waals surface area contributed by atoms with Gasteiger partial charge in [-0.15, -0.1) is 79.4 Å². The molecule has 0 bridgehead atoms. The van der Waals surface area contributed by atoms with Gasteiger partial charge in [-0.1, -0.05) is 330 Å². The maximum Gasteiger partial charge on any atom is 0.169 e. The molecule has 138 heavy (non-hydrogen) atoms. The Bertz CT molecular complexity index is 7370. The van der Waals surface area contributed by atoms with Gasteiger partial charge < -0.3 is 22.1 Å². The Morgan fingerprint density at radius 1 is 0.196 bits per heavy atom. The first-order chi connectivity index (χ1) is 67.5. The van der Waals surface area contributed by atoms with E-state index < -0.39 is 0 Å². The predicted octanol–water partition coefficient (Wildman–Crippen LogP) is 40.8. The van der Waals surface area contributed by atoms with Gasteiger partial charge in [0.15, 0.2) is 11.5 Å². The fourth-order valence-corrected chi connectivity index (χ4v) is 21.0. The summed E-state index contributed by atoms with van der Waals surface area (Å²) >= 11 is 12.7. The summed E-state index contributed by atoms with van der Waals surface area (Å²) in [5.41, 5.74) is 22.5. The van der Waals surface area contributed by atoms with E-state index in [0.717, 1.165) is 68.0 Å². The van der Waals surface area contributed by atoms with Crippen molar-refractivity contribution >= 4 is 131 Å². The maximum absolute atomic E-state index is 5.79. The first-order valence-corrected chi connectivity index (χ1v) is 51.8. The smallest absolute Gasteiger partial charge is 0.169 e. The fraction of sp³-hybridized carbons (Fsp3) is 0.0794.